The molecule has 162 valence electrons. The highest BCUT2D eigenvalue weighted by Crippen LogP contribution is 2.38. The fourth-order valence-electron chi connectivity index (χ4n) is 4.40. The van der Waals surface area contributed by atoms with Crippen LogP contribution in [-0.4, -0.2) is 33.8 Å². The Labute approximate surface area is 177 Å². The van der Waals surface area contributed by atoms with Gasteiger partial charge in [-0.05, 0) is 60.8 Å². The average Bonchev–Trinajstić information content (AvgIpc) is 3.32. The number of carbonyl (C=O) groups is 1. The van der Waals surface area contributed by atoms with Crippen molar-refractivity contribution in [3.63, 3.8) is 0 Å². The number of nitrogens with one attached hydrogen (secondary N) is 4. The Morgan fingerprint density at radius 1 is 1.17 bits per heavy atom. The van der Waals surface area contributed by atoms with Crippen molar-refractivity contribution in [1.29, 1.82) is 5.41 Å². The van der Waals surface area contributed by atoms with Crippen molar-refractivity contribution >= 4 is 28.0 Å². The van der Waals surface area contributed by atoms with Gasteiger partial charge in [-0.2, -0.15) is 0 Å². The minimum absolute atomic E-state index is 0.00822. The maximum absolute atomic E-state index is 12.8. The first-order valence-corrected chi connectivity index (χ1v) is 11.8. The molecule has 30 heavy (non-hydrogen) atoms. The van der Waals surface area contributed by atoms with E-state index in [0.29, 0.717) is 19.4 Å². The van der Waals surface area contributed by atoms with Crippen LogP contribution in [0.15, 0.2) is 16.9 Å². The summed E-state index contributed by atoms with van der Waals surface area (Å²) in [6.45, 7) is 4.79. The second-order valence-corrected chi connectivity index (χ2v) is 10.6. The second-order valence-electron chi connectivity index (χ2n) is 8.94. The van der Waals surface area contributed by atoms with Crippen LogP contribution in [0.2, 0.25) is 0 Å². The number of anilines is 1. The van der Waals surface area contributed by atoms with E-state index in [1.807, 2.05) is 18.6 Å². The highest BCUT2D eigenvalue weighted by molar-refractivity contribution is 7.94. The molecule has 1 aromatic carbocycles. The van der Waals surface area contributed by atoms with Crippen molar-refractivity contribution < 1.29 is 17.9 Å². The normalized spacial score (nSPS) is 21.0. The van der Waals surface area contributed by atoms with E-state index in [4.69, 9.17) is 10.1 Å². The van der Waals surface area contributed by atoms with E-state index in [9.17, 15) is 13.2 Å². The molecular formula is C21H28N4O4S. The van der Waals surface area contributed by atoms with Crippen LogP contribution in [-0.2, 0) is 40.4 Å². The van der Waals surface area contributed by atoms with Crippen LogP contribution in [0.25, 0.3) is 0 Å². The minimum atomic E-state index is -4.27. The van der Waals surface area contributed by atoms with Gasteiger partial charge in [0.25, 0.3) is 10.0 Å². The van der Waals surface area contributed by atoms with E-state index in [1.54, 1.807) is 0 Å². The van der Waals surface area contributed by atoms with Crippen LogP contribution >= 0.6 is 0 Å². The molecule has 1 aliphatic heterocycles. The largest absolute Gasteiger partial charge is 0.478 e. The Balaban J connectivity index is 1.55. The van der Waals surface area contributed by atoms with E-state index in [1.165, 1.54) is 11.1 Å². The molecule has 8 nitrogen and oxygen atoms in total. The van der Waals surface area contributed by atoms with Crippen molar-refractivity contribution in [3.05, 3.63) is 39.1 Å². The molecule has 0 radical (unpaired) electrons. The molecule has 2 aliphatic carbocycles. The van der Waals surface area contributed by atoms with Gasteiger partial charge in [0.2, 0.25) is 5.88 Å². The molecule has 0 spiro atoms. The summed E-state index contributed by atoms with van der Waals surface area (Å²) in [5, 5.41) is 13.3. The fraction of sp³-hybridized carbons (Fsp3) is 0.524. The molecule has 1 heterocycles. The summed E-state index contributed by atoms with van der Waals surface area (Å²) in [7, 11) is -4.27. The van der Waals surface area contributed by atoms with Gasteiger partial charge in [-0.25, -0.2) is 17.9 Å². The lowest BCUT2D eigenvalue weighted by molar-refractivity contribution is 0.0621. The Kier molecular flexibility index (Phi) is 5.25. The summed E-state index contributed by atoms with van der Waals surface area (Å²) in [4.78, 5) is 12.3. The van der Waals surface area contributed by atoms with Crippen LogP contribution < -0.4 is 15.4 Å². The third-order valence-corrected chi connectivity index (χ3v) is 7.25. The number of aryl methyl sites for hydroxylation is 2. The number of hydrogen-bond donors (Lipinski definition) is 4. The quantitative estimate of drug-likeness (QED) is 0.545. The van der Waals surface area contributed by atoms with E-state index in [-0.39, 0.29) is 11.3 Å². The number of benzene rings is 1. The number of allylic oxidation sites excluding steroid dienone is 1. The Morgan fingerprint density at radius 2 is 1.80 bits per heavy atom. The van der Waals surface area contributed by atoms with Gasteiger partial charge in [0.15, 0.2) is 4.91 Å². The first kappa shape index (κ1) is 20.7. The monoisotopic (exact) mass is 432 g/mol. The molecule has 1 aromatic rings. The van der Waals surface area contributed by atoms with E-state index in [0.717, 1.165) is 55.3 Å². The summed E-state index contributed by atoms with van der Waals surface area (Å²) in [5.41, 5.74) is 5.35. The molecule has 3 aliphatic rings. The third kappa shape index (κ3) is 3.90. The molecule has 0 aromatic heterocycles. The summed E-state index contributed by atoms with van der Waals surface area (Å²) < 4.78 is 33.1. The number of carbonyl (C=O) groups excluding carboxylic acids is 1. The lowest BCUT2D eigenvalue weighted by atomic mass is 9.94. The number of hydrogen-bond acceptors (Lipinski definition) is 6. The molecule has 0 unspecified atom stereocenters. The minimum Gasteiger partial charge on any atom is -0.478 e. The number of rotatable bonds is 4. The van der Waals surface area contributed by atoms with Crippen LogP contribution in [0.1, 0.15) is 48.9 Å². The first-order chi connectivity index (χ1) is 14.2. The number of urea groups is 1. The van der Waals surface area contributed by atoms with Crippen molar-refractivity contribution in [2.75, 3.05) is 18.5 Å². The number of sulfonamides is 1. The number of ether oxygens (including phenoxy) is 1. The molecule has 1 fully saturated rings. The Bertz CT molecular complexity index is 999. The van der Waals surface area contributed by atoms with Gasteiger partial charge in [0, 0.05) is 23.9 Å². The van der Waals surface area contributed by atoms with Crippen molar-refractivity contribution in [1.82, 2.24) is 10.0 Å². The standard InChI is InChI=1S/C21H28N4O4S/c1-21(2)11-23-19(29-12-21)17(10-22)30(27,28)25-20(26)24-18-15-7-3-5-13(15)9-14-6-4-8-16(14)18/h9-10,22-23H,3-8,11-12H2,1-2H3,(H2,24,25,26)/b19-17-,22-10?. The van der Waals surface area contributed by atoms with Gasteiger partial charge in [-0.3, -0.25) is 0 Å². The number of amides is 2. The third-order valence-electron chi connectivity index (χ3n) is 5.92. The highest BCUT2D eigenvalue weighted by Gasteiger charge is 2.31. The molecule has 4 rings (SSSR count). The Morgan fingerprint density at radius 3 is 2.33 bits per heavy atom. The molecule has 2 amide bonds. The lowest BCUT2D eigenvalue weighted by Gasteiger charge is -2.32. The summed E-state index contributed by atoms with van der Waals surface area (Å²) in [6.07, 6.45) is 6.50. The van der Waals surface area contributed by atoms with E-state index < -0.39 is 21.0 Å². The van der Waals surface area contributed by atoms with Gasteiger partial charge >= 0.3 is 6.03 Å². The zero-order valence-corrected chi connectivity index (χ0v) is 18.2. The highest BCUT2D eigenvalue weighted by atomic mass is 32.2. The zero-order chi connectivity index (χ0) is 21.5. The fourth-order valence-corrected chi connectivity index (χ4v) is 5.33. The summed E-state index contributed by atoms with van der Waals surface area (Å²) >= 11 is 0. The second kappa shape index (κ2) is 7.61. The van der Waals surface area contributed by atoms with Gasteiger partial charge in [0.1, 0.15) is 0 Å². The van der Waals surface area contributed by atoms with Crippen LogP contribution in [0.3, 0.4) is 0 Å². The predicted molar refractivity (Wildman–Crippen MR) is 115 cm³/mol. The van der Waals surface area contributed by atoms with Crippen molar-refractivity contribution in [2.24, 2.45) is 5.41 Å². The van der Waals surface area contributed by atoms with Gasteiger partial charge in [-0.1, -0.05) is 19.9 Å². The SMILES string of the molecule is CC1(C)CN/C(=C(\C=N)S(=O)(=O)NC(=O)Nc2c3c(cc4c2CCC4)CCC3)OC1. The average molecular weight is 433 g/mol. The van der Waals surface area contributed by atoms with E-state index >= 15 is 0 Å². The zero-order valence-electron chi connectivity index (χ0n) is 17.4. The van der Waals surface area contributed by atoms with E-state index in [2.05, 4.69) is 16.7 Å². The van der Waals surface area contributed by atoms with Gasteiger partial charge in [-0.15, -0.1) is 0 Å². The molecule has 0 atom stereocenters. The molecule has 1 saturated heterocycles. The molecule has 0 bridgehead atoms. The lowest BCUT2D eigenvalue weighted by Crippen LogP contribution is -2.42. The summed E-state index contributed by atoms with van der Waals surface area (Å²) in [6, 6.07) is 1.43. The predicted octanol–water partition coefficient (Wildman–Crippen LogP) is 2.58. The van der Waals surface area contributed by atoms with Crippen LogP contribution in [0, 0.1) is 10.8 Å². The van der Waals surface area contributed by atoms with Crippen molar-refractivity contribution in [2.45, 2.75) is 52.4 Å². The molecule has 4 N–H and O–H groups in total. The van der Waals surface area contributed by atoms with Crippen molar-refractivity contribution in [3.8, 4) is 0 Å². The smallest absolute Gasteiger partial charge is 0.333 e. The maximum atomic E-state index is 12.8. The van der Waals surface area contributed by atoms with Crippen LogP contribution in [0.4, 0.5) is 10.5 Å². The maximum Gasteiger partial charge on any atom is 0.333 e. The first-order valence-electron chi connectivity index (χ1n) is 10.3. The molecule has 0 saturated carbocycles. The summed E-state index contributed by atoms with van der Waals surface area (Å²) in [5.74, 6) is -0.00822. The molecular weight excluding hydrogens is 404 g/mol. The van der Waals surface area contributed by atoms with Crippen LogP contribution in [0.5, 0.6) is 0 Å². The van der Waals surface area contributed by atoms with Gasteiger partial charge < -0.3 is 20.8 Å². The number of fused-ring (bicyclic) bond motifs is 2. The van der Waals surface area contributed by atoms with Gasteiger partial charge in [0.05, 0.1) is 6.61 Å². The molecule has 9 heteroatoms. The Hall–Kier alpha value is -2.55. The topological polar surface area (TPSA) is 120 Å².